The summed E-state index contributed by atoms with van der Waals surface area (Å²) in [6.45, 7) is 1.76. The van der Waals surface area contributed by atoms with E-state index in [1.165, 1.54) is 141 Å². The highest BCUT2D eigenvalue weighted by molar-refractivity contribution is 5.76. The molecule has 19 nitrogen and oxygen atoms in total. The molecule has 12 N–H and O–H groups in total. The summed E-state index contributed by atoms with van der Waals surface area (Å²) in [4.78, 5) is 13.3. The molecule has 0 aromatic heterocycles. The second kappa shape index (κ2) is 42.4. The average Bonchev–Trinajstić information content (AvgIpc) is 3.43. The van der Waals surface area contributed by atoms with Gasteiger partial charge in [-0.3, -0.25) is 4.79 Å². The number of hydrogen-bond donors (Lipinski definition) is 12. The van der Waals surface area contributed by atoms with Crippen LogP contribution >= 0.6 is 0 Å². The molecule has 0 radical (unpaired) electrons. The summed E-state index contributed by atoms with van der Waals surface area (Å²) in [5.41, 5.74) is 0. The van der Waals surface area contributed by atoms with E-state index in [1.54, 1.807) is 0 Å². The van der Waals surface area contributed by atoms with E-state index in [2.05, 4.69) is 31.3 Å². The number of carbonyl (C=O) groups is 1. The number of amides is 1. The molecular weight excluding hydrogens is 999 g/mol. The molecule has 0 saturated carbocycles. The lowest BCUT2D eigenvalue weighted by atomic mass is 9.96. The molecule has 0 aromatic carbocycles. The first-order chi connectivity index (χ1) is 37.3. The normalized spacial score (nSPS) is 30.7. The van der Waals surface area contributed by atoms with Crippen molar-refractivity contribution in [2.75, 3.05) is 26.4 Å². The van der Waals surface area contributed by atoms with Crippen molar-refractivity contribution in [2.24, 2.45) is 0 Å². The van der Waals surface area contributed by atoms with Crippen LogP contribution < -0.4 is 5.32 Å². The summed E-state index contributed by atoms with van der Waals surface area (Å²) in [7, 11) is 0. The van der Waals surface area contributed by atoms with Gasteiger partial charge >= 0.3 is 0 Å². The van der Waals surface area contributed by atoms with Crippen LogP contribution in [0.2, 0.25) is 0 Å². The zero-order valence-electron chi connectivity index (χ0n) is 47.2. The van der Waals surface area contributed by atoms with Crippen LogP contribution in [0.15, 0.2) is 12.2 Å². The van der Waals surface area contributed by atoms with Crippen molar-refractivity contribution in [3.05, 3.63) is 12.2 Å². The van der Waals surface area contributed by atoms with Crippen molar-refractivity contribution >= 4 is 5.91 Å². The van der Waals surface area contributed by atoms with Crippen LogP contribution in [0.5, 0.6) is 0 Å². The number of nitrogens with one attached hydrogen (secondary N) is 1. The standard InChI is InChI=1S/C58H109NO18/c1-3-5-7-9-11-13-14-15-16-17-18-19-20-21-22-23-24-25-26-28-30-32-34-36-46(64)59-41(42(63)35-33-31-29-27-12-10-8-6-4-2)40-72-56-52(70)49(67)54(44(38-61)74-56)77-58-53(71)50(68)55(45(39-62)75-58)76-57-51(69)48(66)47(65)43(37-60)73-57/h17-18,41-45,47-58,60-63,65-71H,3-16,19-40H2,1-2H3,(H,59,64)/b18-17-. The topological polar surface area (TPSA) is 307 Å². The number of rotatable bonds is 45. The van der Waals surface area contributed by atoms with Gasteiger partial charge in [0.25, 0.3) is 0 Å². The Kier molecular flexibility index (Phi) is 38.4. The third-order valence-corrected chi connectivity index (χ3v) is 15.6. The van der Waals surface area contributed by atoms with Crippen LogP contribution in [0, 0.1) is 0 Å². The number of allylic oxidation sites excluding steroid dienone is 2. The Morgan fingerprint density at radius 3 is 1.26 bits per heavy atom. The third-order valence-electron chi connectivity index (χ3n) is 15.6. The van der Waals surface area contributed by atoms with E-state index in [0.717, 1.165) is 44.9 Å². The fourth-order valence-corrected chi connectivity index (χ4v) is 10.5. The Bertz CT molecular complexity index is 1460. The minimum absolute atomic E-state index is 0.245. The maximum absolute atomic E-state index is 13.3. The predicted octanol–water partition coefficient (Wildman–Crippen LogP) is 5.38. The molecule has 3 heterocycles. The van der Waals surface area contributed by atoms with Crippen LogP contribution in [0.4, 0.5) is 0 Å². The lowest BCUT2D eigenvalue weighted by Crippen LogP contribution is -2.66. The molecule has 17 atom stereocenters. The molecule has 0 bridgehead atoms. The van der Waals surface area contributed by atoms with E-state index in [1.807, 2.05) is 0 Å². The molecule has 3 saturated heterocycles. The zero-order valence-corrected chi connectivity index (χ0v) is 47.2. The number of hydrogen-bond acceptors (Lipinski definition) is 18. The molecular formula is C58H109NO18. The highest BCUT2D eigenvalue weighted by atomic mass is 16.8. The van der Waals surface area contributed by atoms with Crippen LogP contribution in [-0.4, -0.2) is 193 Å². The average molecular weight is 1110 g/mol. The highest BCUT2D eigenvalue weighted by Gasteiger charge is 2.53. The first kappa shape index (κ1) is 69.8. The van der Waals surface area contributed by atoms with Crippen molar-refractivity contribution in [1.29, 1.82) is 0 Å². The molecule has 0 spiro atoms. The van der Waals surface area contributed by atoms with E-state index in [9.17, 15) is 61.0 Å². The molecule has 77 heavy (non-hydrogen) atoms. The van der Waals surface area contributed by atoms with E-state index in [4.69, 9.17) is 28.4 Å². The lowest BCUT2D eigenvalue weighted by Gasteiger charge is -2.48. The number of aliphatic hydroxyl groups is 11. The summed E-state index contributed by atoms with van der Waals surface area (Å²) >= 11 is 0. The Morgan fingerprint density at radius 2 is 0.818 bits per heavy atom. The minimum Gasteiger partial charge on any atom is -0.394 e. The van der Waals surface area contributed by atoms with Gasteiger partial charge in [0.15, 0.2) is 18.9 Å². The molecule has 0 aromatic rings. The van der Waals surface area contributed by atoms with Crippen molar-refractivity contribution < 1.29 is 89.4 Å². The summed E-state index contributed by atoms with van der Waals surface area (Å²) in [5.74, 6) is -0.245. The number of carbonyl (C=O) groups excluding carboxylic acids is 1. The molecule has 3 rings (SSSR count). The van der Waals surface area contributed by atoms with Crippen LogP contribution in [-0.2, 0) is 33.2 Å². The summed E-state index contributed by atoms with van der Waals surface area (Å²) in [6.07, 6.45) is 14.7. The molecule has 17 unspecified atom stereocenters. The van der Waals surface area contributed by atoms with Crippen LogP contribution in [0.3, 0.4) is 0 Å². The summed E-state index contributed by atoms with van der Waals surface area (Å²) in [5, 5.41) is 120. The number of aliphatic hydroxyl groups excluding tert-OH is 11. The van der Waals surface area contributed by atoms with Gasteiger partial charge in [0, 0.05) is 6.42 Å². The van der Waals surface area contributed by atoms with Crippen molar-refractivity contribution in [3.63, 3.8) is 0 Å². The van der Waals surface area contributed by atoms with E-state index in [-0.39, 0.29) is 18.9 Å². The second-order valence-corrected chi connectivity index (χ2v) is 22.2. The Morgan fingerprint density at radius 1 is 0.455 bits per heavy atom. The largest absolute Gasteiger partial charge is 0.394 e. The van der Waals surface area contributed by atoms with E-state index in [0.29, 0.717) is 12.8 Å². The van der Waals surface area contributed by atoms with Gasteiger partial charge in [0.2, 0.25) is 5.91 Å². The number of ether oxygens (including phenoxy) is 6. The fraction of sp³-hybridized carbons (Fsp3) is 0.948. The summed E-state index contributed by atoms with van der Waals surface area (Å²) in [6, 6.07) is -0.882. The summed E-state index contributed by atoms with van der Waals surface area (Å²) < 4.78 is 34.2. The first-order valence-electron chi connectivity index (χ1n) is 30.4. The molecule has 1 amide bonds. The minimum atomic E-state index is -1.97. The van der Waals surface area contributed by atoms with Crippen molar-refractivity contribution in [1.82, 2.24) is 5.32 Å². The predicted molar refractivity (Wildman–Crippen MR) is 291 cm³/mol. The third kappa shape index (κ3) is 26.5. The second-order valence-electron chi connectivity index (χ2n) is 22.2. The Labute approximate surface area is 461 Å². The van der Waals surface area contributed by atoms with Gasteiger partial charge in [0.1, 0.15) is 73.2 Å². The molecule has 454 valence electrons. The van der Waals surface area contributed by atoms with Crippen molar-refractivity contribution in [2.45, 2.75) is 324 Å². The van der Waals surface area contributed by atoms with Gasteiger partial charge in [-0.25, -0.2) is 0 Å². The Balaban J connectivity index is 1.43. The fourth-order valence-electron chi connectivity index (χ4n) is 10.5. The maximum Gasteiger partial charge on any atom is 0.220 e. The maximum atomic E-state index is 13.3. The highest BCUT2D eigenvalue weighted by Crippen LogP contribution is 2.33. The SMILES string of the molecule is CCCCCCCCCC/C=C\CCCCCCCCCCCCCC(=O)NC(COC1OC(CO)C(OC2OC(CO)C(OC3OC(CO)C(O)C(O)C3O)C(O)C2O)C(O)C1O)C(O)CCCCCCCCCCC. The van der Waals surface area contributed by atoms with Crippen LogP contribution in [0.25, 0.3) is 0 Å². The van der Waals surface area contributed by atoms with Crippen molar-refractivity contribution in [3.8, 4) is 0 Å². The first-order valence-corrected chi connectivity index (χ1v) is 30.4. The smallest absolute Gasteiger partial charge is 0.220 e. The monoisotopic (exact) mass is 1110 g/mol. The van der Waals surface area contributed by atoms with Gasteiger partial charge in [-0.1, -0.05) is 187 Å². The molecule has 0 aliphatic carbocycles. The van der Waals surface area contributed by atoms with Gasteiger partial charge in [-0.2, -0.15) is 0 Å². The molecule has 3 fully saturated rings. The van der Waals surface area contributed by atoms with E-state index < -0.39 is 124 Å². The molecule has 3 aliphatic heterocycles. The quantitative estimate of drug-likeness (QED) is 0.0269. The lowest BCUT2D eigenvalue weighted by molar-refractivity contribution is -0.379. The molecule has 19 heteroatoms. The van der Waals surface area contributed by atoms with E-state index >= 15 is 0 Å². The van der Waals surface area contributed by atoms with Gasteiger partial charge in [-0.15, -0.1) is 0 Å². The molecule has 3 aliphatic rings. The Hall–Kier alpha value is -1.47. The van der Waals surface area contributed by atoms with Gasteiger partial charge in [0.05, 0.1) is 38.6 Å². The van der Waals surface area contributed by atoms with Gasteiger partial charge in [-0.05, 0) is 38.5 Å². The van der Waals surface area contributed by atoms with Gasteiger partial charge < -0.3 is 89.9 Å². The van der Waals surface area contributed by atoms with Crippen LogP contribution in [0.1, 0.15) is 219 Å². The zero-order chi connectivity index (χ0) is 56.2. The number of unbranched alkanes of at least 4 members (excludes halogenated alkanes) is 27.